The average Bonchev–Trinajstić information content (AvgIpc) is 2.75. The van der Waals surface area contributed by atoms with Gasteiger partial charge < -0.3 is 9.64 Å². The molecule has 148 valence electrons. The number of benzene rings is 3. The van der Waals surface area contributed by atoms with Crippen LogP contribution in [0.5, 0.6) is 11.5 Å². The summed E-state index contributed by atoms with van der Waals surface area (Å²) in [5.74, 6) is 1.70. The van der Waals surface area contributed by atoms with Crippen LogP contribution >= 0.6 is 0 Å². The number of aryl methyl sites for hydroxylation is 1. The van der Waals surface area contributed by atoms with Crippen LogP contribution in [0.4, 0.5) is 5.69 Å². The number of carbonyl (C=O) groups is 1. The van der Waals surface area contributed by atoms with E-state index >= 15 is 0 Å². The van der Waals surface area contributed by atoms with Crippen LogP contribution in [0.1, 0.15) is 18.1 Å². The van der Waals surface area contributed by atoms with Crippen molar-refractivity contribution >= 4 is 11.6 Å². The normalized spacial score (nSPS) is 17.4. The summed E-state index contributed by atoms with van der Waals surface area (Å²) in [7, 11) is 0. The molecule has 1 atom stereocenters. The zero-order valence-electron chi connectivity index (χ0n) is 16.9. The van der Waals surface area contributed by atoms with Gasteiger partial charge >= 0.3 is 0 Å². The number of para-hydroxylation sites is 1. The summed E-state index contributed by atoms with van der Waals surface area (Å²) in [4.78, 5) is 17.2. The van der Waals surface area contributed by atoms with Crippen molar-refractivity contribution in [3.8, 4) is 11.5 Å². The Kier molecular flexibility index (Phi) is 5.63. The number of amides is 1. The molecule has 1 heterocycles. The van der Waals surface area contributed by atoms with Gasteiger partial charge in [-0.25, -0.2) is 0 Å². The van der Waals surface area contributed by atoms with Crippen LogP contribution in [0.3, 0.4) is 0 Å². The third kappa shape index (κ3) is 4.33. The number of ether oxygens (including phenoxy) is 1. The Bertz CT molecular complexity index is 970. The Morgan fingerprint density at radius 3 is 2.24 bits per heavy atom. The maximum Gasteiger partial charge on any atom is 0.244 e. The molecular formula is C25H26N2O2. The molecule has 1 aliphatic rings. The Hall–Kier alpha value is -3.11. The van der Waals surface area contributed by atoms with E-state index in [9.17, 15) is 4.79 Å². The smallest absolute Gasteiger partial charge is 0.244 e. The van der Waals surface area contributed by atoms with Crippen LogP contribution < -0.4 is 9.64 Å². The molecule has 1 amide bonds. The number of carbonyl (C=O) groups excluding carboxylic acids is 1. The quantitative estimate of drug-likeness (QED) is 0.617. The minimum Gasteiger partial charge on any atom is -0.457 e. The Morgan fingerprint density at radius 2 is 1.52 bits per heavy atom. The standard InChI is InChI=1S/C25H26N2O2/c1-19-8-6-7-9-21(19)18-26-16-17-27(25(28)20(26)2)22-12-14-24(15-13-22)29-23-10-4-3-5-11-23/h3-15,20H,16-18H2,1-2H3/t20-/m0/s1. The number of anilines is 1. The molecule has 0 N–H and O–H groups in total. The van der Waals surface area contributed by atoms with Crippen LogP contribution in [-0.4, -0.2) is 29.9 Å². The van der Waals surface area contributed by atoms with Crippen molar-refractivity contribution < 1.29 is 9.53 Å². The number of nitrogens with zero attached hydrogens (tertiary/aromatic N) is 2. The van der Waals surface area contributed by atoms with Gasteiger partial charge in [0.05, 0.1) is 6.04 Å². The van der Waals surface area contributed by atoms with Crippen LogP contribution in [0.15, 0.2) is 78.9 Å². The Labute approximate surface area is 172 Å². The molecule has 1 aliphatic heterocycles. The molecule has 4 heteroatoms. The molecule has 4 rings (SSSR count). The highest BCUT2D eigenvalue weighted by Crippen LogP contribution is 2.27. The van der Waals surface area contributed by atoms with Gasteiger partial charge in [-0.3, -0.25) is 9.69 Å². The van der Waals surface area contributed by atoms with Gasteiger partial charge in [-0.15, -0.1) is 0 Å². The first-order chi connectivity index (χ1) is 14.1. The van der Waals surface area contributed by atoms with Crippen molar-refractivity contribution in [2.24, 2.45) is 0 Å². The maximum absolute atomic E-state index is 13.0. The highest BCUT2D eigenvalue weighted by atomic mass is 16.5. The fourth-order valence-corrected chi connectivity index (χ4v) is 3.71. The van der Waals surface area contributed by atoms with Crippen LogP contribution in [0, 0.1) is 6.92 Å². The predicted molar refractivity (Wildman–Crippen MR) is 116 cm³/mol. The minimum atomic E-state index is -0.149. The molecule has 0 aromatic heterocycles. The van der Waals surface area contributed by atoms with Crippen molar-refractivity contribution in [1.29, 1.82) is 0 Å². The lowest BCUT2D eigenvalue weighted by atomic mass is 10.1. The highest BCUT2D eigenvalue weighted by molar-refractivity contribution is 5.97. The second-order valence-electron chi connectivity index (χ2n) is 7.47. The van der Waals surface area contributed by atoms with Crippen LogP contribution in [0.2, 0.25) is 0 Å². The van der Waals surface area contributed by atoms with Crippen molar-refractivity contribution in [3.05, 3.63) is 90.0 Å². The van der Waals surface area contributed by atoms with Gasteiger partial charge in [0.2, 0.25) is 5.91 Å². The zero-order chi connectivity index (χ0) is 20.2. The number of hydrogen-bond donors (Lipinski definition) is 0. The summed E-state index contributed by atoms with van der Waals surface area (Å²) in [6.45, 7) is 6.46. The molecule has 3 aromatic carbocycles. The van der Waals surface area contributed by atoms with E-state index in [1.54, 1.807) is 0 Å². The van der Waals surface area contributed by atoms with E-state index < -0.39 is 0 Å². The van der Waals surface area contributed by atoms with E-state index in [0.29, 0.717) is 6.54 Å². The van der Waals surface area contributed by atoms with Crippen LogP contribution in [0.25, 0.3) is 0 Å². The molecule has 29 heavy (non-hydrogen) atoms. The first-order valence-electron chi connectivity index (χ1n) is 10.0. The van der Waals surface area contributed by atoms with E-state index in [4.69, 9.17) is 4.74 Å². The van der Waals surface area contributed by atoms with Gasteiger partial charge in [0.1, 0.15) is 11.5 Å². The Balaban J connectivity index is 1.42. The van der Waals surface area contributed by atoms with Crippen molar-refractivity contribution in [2.45, 2.75) is 26.4 Å². The average molecular weight is 386 g/mol. The fraction of sp³-hybridized carbons (Fsp3) is 0.240. The first-order valence-corrected chi connectivity index (χ1v) is 10.0. The summed E-state index contributed by atoms with van der Waals surface area (Å²) < 4.78 is 5.85. The van der Waals surface area contributed by atoms with Gasteiger partial charge in [-0.1, -0.05) is 42.5 Å². The van der Waals surface area contributed by atoms with Gasteiger partial charge in [0.25, 0.3) is 0 Å². The van der Waals surface area contributed by atoms with Crippen molar-refractivity contribution in [3.63, 3.8) is 0 Å². The molecule has 0 aliphatic carbocycles. The number of hydrogen-bond acceptors (Lipinski definition) is 3. The van der Waals surface area contributed by atoms with Gasteiger partial charge in [-0.2, -0.15) is 0 Å². The lowest BCUT2D eigenvalue weighted by Crippen LogP contribution is -2.55. The van der Waals surface area contributed by atoms with E-state index in [-0.39, 0.29) is 11.9 Å². The summed E-state index contributed by atoms with van der Waals surface area (Å²) in [6.07, 6.45) is 0. The van der Waals surface area contributed by atoms with Gasteiger partial charge in [0, 0.05) is 25.3 Å². The highest BCUT2D eigenvalue weighted by Gasteiger charge is 2.32. The SMILES string of the molecule is Cc1ccccc1CN1CCN(c2ccc(Oc3ccccc3)cc2)C(=O)[C@@H]1C. The summed E-state index contributed by atoms with van der Waals surface area (Å²) in [5.41, 5.74) is 3.46. The van der Waals surface area contributed by atoms with Gasteiger partial charge in [-0.05, 0) is 61.4 Å². The van der Waals surface area contributed by atoms with E-state index in [2.05, 4.69) is 36.1 Å². The molecule has 0 radical (unpaired) electrons. The molecule has 1 saturated heterocycles. The van der Waals surface area contributed by atoms with Gasteiger partial charge in [0.15, 0.2) is 0 Å². The second kappa shape index (κ2) is 8.50. The molecule has 0 saturated carbocycles. The molecule has 0 spiro atoms. The molecule has 3 aromatic rings. The van der Waals surface area contributed by atoms with Crippen molar-refractivity contribution in [2.75, 3.05) is 18.0 Å². The number of rotatable bonds is 5. The van der Waals surface area contributed by atoms with Crippen LogP contribution in [-0.2, 0) is 11.3 Å². The minimum absolute atomic E-state index is 0.140. The molecule has 4 nitrogen and oxygen atoms in total. The van der Waals surface area contributed by atoms with Crippen molar-refractivity contribution in [1.82, 2.24) is 4.90 Å². The van der Waals surface area contributed by atoms with E-state index in [1.807, 2.05) is 66.4 Å². The topological polar surface area (TPSA) is 32.8 Å². The summed E-state index contributed by atoms with van der Waals surface area (Å²) >= 11 is 0. The molecular weight excluding hydrogens is 360 g/mol. The molecule has 0 unspecified atom stereocenters. The first kappa shape index (κ1) is 19.2. The van der Waals surface area contributed by atoms with E-state index in [0.717, 1.165) is 30.3 Å². The third-order valence-corrected chi connectivity index (χ3v) is 5.54. The maximum atomic E-state index is 13.0. The molecule has 0 bridgehead atoms. The second-order valence-corrected chi connectivity index (χ2v) is 7.47. The number of piperazine rings is 1. The predicted octanol–water partition coefficient (Wildman–Crippen LogP) is 5.02. The monoisotopic (exact) mass is 386 g/mol. The zero-order valence-corrected chi connectivity index (χ0v) is 16.9. The van der Waals surface area contributed by atoms with E-state index in [1.165, 1.54) is 11.1 Å². The molecule has 1 fully saturated rings. The Morgan fingerprint density at radius 1 is 0.862 bits per heavy atom. The summed E-state index contributed by atoms with van der Waals surface area (Å²) in [6, 6.07) is 25.7. The summed E-state index contributed by atoms with van der Waals surface area (Å²) in [5, 5.41) is 0. The fourth-order valence-electron chi connectivity index (χ4n) is 3.71. The third-order valence-electron chi connectivity index (χ3n) is 5.54. The largest absolute Gasteiger partial charge is 0.457 e. The lowest BCUT2D eigenvalue weighted by Gasteiger charge is -2.39. The lowest BCUT2D eigenvalue weighted by molar-refractivity contribution is -0.125.